The maximum Gasteiger partial charge on any atom is 0.142 e. The average molecular weight is 429 g/mol. The zero-order valence-corrected chi connectivity index (χ0v) is 14.3. The molecule has 0 fully saturated rings. The number of rotatable bonds is 4. The number of nitrogens with two attached hydrogens (primary N) is 1. The monoisotopic (exact) mass is 426 g/mol. The molecular formula is C12H10Br2ClFN2S. The number of hydrogen-bond acceptors (Lipinski definition) is 3. The van der Waals surface area contributed by atoms with Crippen molar-refractivity contribution in [2.45, 2.75) is 12.5 Å². The van der Waals surface area contributed by atoms with E-state index < -0.39 is 5.82 Å². The molecule has 102 valence electrons. The van der Waals surface area contributed by atoms with Gasteiger partial charge in [0.1, 0.15) is 5.82 Å². The van der Waals surface area contributed by atoms with Gasteiger partial charge in [-0.15, -0.1) is 11.3 Å². The average Bonchev–Trinajstić information content (AvgIpc) is 2.70. The fourth-order valence-electron chi connectivity index (χ4n) is 1.78. The van der Waals surface area contributed by atoms with Crippen molar-refractivity contribution in [2.75, 3.05) is 0 Å². The Hall–Kier alpha value is 0.0200. The predicted octanol–water partition coefficient (Wildman–Crippen LogP) is 4.81. The van der Waals surface area contributed by atoms with E-state index in [2.05, 4.69) is 37.3 Å². The highest BCUT2D eigenvalue weighted by Crippen LogP contribution is 2.37. The summed E-state index contributed by atoms with van der Waals surface area (Å²) in [5.41, 5.74) is 4.48. The van der Waals surface area contributed by atoms with Crippen LogP contribution in [0.15, 0.2) is 31.8 Å². The lowest BCUT2D eigenvalue weighted by molar-refractivity contribution is 0.548. The summed E-state index contributed by atoms with van der Waals surface area (Å²) in [6.45, 7) is 0. The zero-order valence-electron chi connectivity index (χ0n) is 9.59. The molecule has 0 aliphatic heterocycles. The van der Waals surface area contributed by atoms with Gasteiger partial charge in [0.25, 0.3) is 0 Å². The summed E-state index contributed by atoms with van der Waals surface area (Å²) in [5.74, 6) is 5.18. The maximum absolute atomic E-state index is 13.4. The number of nitrogens with one attached hydrogen (secondary N) is 1. The first kappa shape index (κ1) is 15.4. The molecule has 3 N–H and O–H groups in total. The Bertz CT molecular complexity index is 591. The van der Waals surface area contributed by atoms with Crippen LogP contribution >= 0.6 is 54.8 Å². The molecule has 2 nitrogen and oxygen atoms in total. The molecule has 1 heterocycles. The van der Waals surface area contributed by atoms with Crippen molar-refractivity contribution in [1.82, 2.24) is 5.43 Å². The summed E-state index contributed by atoms with van der Waals surface area (Å²) in [6, 6.07) is 6.62. The minimum atomic E-state index is -0.416. The van der Waals surface area contributed by atoms with Gasteiger partial charge in [0.2, 0.25) is 0 Å². The van der Waals surface area contributed by atoms with E-state index in [1.54, 1.807) is 23.5 Å². The van der Waals surface area contributed by atoms with Gasteiger partial charge in [-0.3, -0.25) is 11.3 Å². The van der Waals surface area contributed by atoms with Crippen molar-refractivity contribution in [3.05, 3.63) is 53.8 Å². The Balaban J connectivity index is 2.29. The van der Waals surface area contributed by atoms with Crippen LogP contribution in [0.2, 0.25) is 5.02 Å². The summed E-state index contributed by atoms with van der Waals surface area (Å²) >= 11 is 14.4. The molecule has 0 radical (unpaired) electrons. The molecular weight excluding hydrogens is 418 g/mol. The molecule has 0 aliphatic rings. The molecule has 0 spiro atoms. The van der Waals surface area contributed by atoms with Gasteiger partial charge in [0, 0.05) is 0 Å². The van der Waals surface area contributed by atoms with E-state index in [1.165, 1.54) is 6.07 Å². The summed E-state index contributed by atoms with van der Waals surface area (Å²) < 4.78 is 15.4. The van der Waals surface area contributed by atoms with Crippen LogP contribution in [0.25, 0.3) is 0 Å². The third kappa shape index (κ3) is 3.56. The fraction of sp³-hybridized carbons (Fsp3) is 0.167. The summed E-state index contributed by atoms with van der Waals surface area (Å²) in [5, 5.41) is 0.146. The lowest BCUT2D eigenvalue weighted by Crippen LogP contribution is -2.29. The highest BCUT2D eigenvalue weighted by Gasteiger charge is 2.18. The topological polar surface area (TPSA) is 38.0 Å². The van der Waals surface area contributed by atoms with Crippen molar-refractivity contribution in [3.63, 3.8) is 0 Å². The Morgan fingerprint density at radius 2 is 2.16 bits per heavy atom. The minimum absolute atomic E-state index is 0.142. The molecule has 0 amide bonds. The van der Waals surface area contributed by atoms with Crippen molar-refractivity contribution in [2.24, 2.45) is 5.84 Å². The first-order valence-electron chi connectivity index (χ1n) is 5.36. The highest BCUT2D eigenvalue weighted by atomic mass is 79.9. The second-order valence-electron chi connectivity index (χ2n) is 3.92. The van der Waals surface area contributed by atoms with Crippen LogP contribution in [0.3, 0.4) is 0 Å². The zero-order chi connectivity index (χ0) is 14.0. The third-order valence-corrected chi connectivity index (χ3v) is 5.52. The van der Waals surface area contributed by atoms with Gasteiger partial charge in [-0.25, -0.2) is 4.39 Å². The summed E-state index contributed by atoms with van der Waals surface area (Å²) in [4.78, 5) is 0. The third-order valence-electron chi connectivity index (χ3n) is 2.72. The smallest absolute Gasteiger partial charge is 0.142 e. The van der Waals surface area contributed by atoms with E-state index in [1.807, 2.05) is 6.07 Å². The molecule has 2 rings (SSSR count). The predicted molar refractivity (Wildman–Crippen MR) is 84.9 cm³/mol. The van der Waals surface area contributed by atoms with Crippen LogP contribution in [-0.4, -0.2) is 0 Å². The summed E-state index contributed by atoms with van der Waals surface area (Å²) in [6.07, 6.45) is 0.509. The van der Waals surface area contributed by atoms with E-state index >= 15 is 0 Å². The lowest BCUT2D eigenvalue weighted by atomic mass is 10.0. The van der Waals surface area contributed by atoms with Crippen LogP contribution in [0.5, 0.6) is 0 Å². The van der Waals surface area contributed by atoms with E-state index in [4.69, 9.17) is 17.4 Å². The lowest BCUT2D eigenvalue weighted by Gasteiger charge is -2.16. The van der Waals surface area contributed by atoms with Gasteiger partial charge in [-0.05, 0) is 61.5 Å². The molecule has 19 heavy (non-hydrogen) atoms. The molecule has 1 unspecified atom stereocenters. The molecule has 2 aromatic rings. The van der Waals surface area contributed by atoms with Gasteiger partial charge >= 0.3 is 0 Å². The number of hydrazine groups is 1. The highest BCUT2D eigenvalue weighted by molar-refractivity contribution is 9.12. The molecule has 1 atom stereocenters. The summed E-state index contributed by atoms with van der Waals surface area (Å²) in [7, 11) is 0. The van der Waals surface area contributed by atoms with Crippen molar-refractivity contribution in [1.29, 1.82) is 0 Å². The van der Waals surface area contributed by atoms with Crippen LogP contribution in [0, 0.1) is 5.82 Å². The first-order chi connectivity index (χ1) is 9.02. The number of benzene rings is 1. The number of thiophene rings is 1. The second kappa shape index (κ2) is 6.65. The molecule has 0 aliphatic carbocycles. The van der Waals surface area contributed by atoms with E-state index in [0.29, 0.717) is 6.42 Å². The van der Waals surface area contributed by atoms with E-state index in [-0.39, 0.29) is 11.1 Å². The van der Waals surface area contributed by atoms with Crippen LogP contribution in [-0.2, 0) is 6.42 Å². The fourth-order valence-corrected chi connectivity index (χ4v) is 4.95. The van der Waals surface area contributed by atoms with Crippen LogP contribution in [0.4, 0.5) is 4.39 Å². The van der Waals surface area contributed by atoms with Crippen molar-refractivity contribution in [3.8, 4) is 0 Å². The van der Waals surface area contributed by atoms with Crippen molar-refractivity contribution >= 4 is 54.8 Å². The van der Waals surface area contributed by atoms with Gasteiger partial charge < -0.3 is 0 Å². The molecule has 1 aromatic heterocycles. The molecule has 0 saturated heterocycles. The molecule has 0 bridgehead atoms. The standard InChI is InChI=1S/C12H10Br2ClFN2S/c13-10-5-7(12(14)19-10)9(18-17)4-6-2-1-3-8(16)11(6)15/h1-3,5,9,18H,4,17H2. The van der Waals surface area contributed by atoms with Gasteiger partial charge in [-0.2, -0.15) is 0 Å². The Morgan fingerprint density at radius 3 is 2.74 bits per heavy atom. The quantitative estimate of drug-likeness (QED) is 0.542. The Kier molecular flexibility index (Phi) is 5.39. The van der Waals surface area contributed by atoms with E-state index in [0.717, 1.165) is 18.7 Å². The largest absolute Gasteiger partial charge is 0.271 e. The Morgan fingerprint density at radius 1 is 1.42 bits per heavy atom. The van der Waals surface area contributed by atoms with Gasteiger partial charge in [0.15, 0.2) is 0 Å². The Labute approximate surface area is 136 Å². The SMILES string of the molecule is NNC(Cc1cccc(F)c1Cl)c1cc(Br)sc1Br. The second-order valence-corrected chi connectivity index (χ2v) is 8.04. The van der Waals surface area contributed by atoms with Gasteiger partial charge in [0.05, 0.1) is 18.6 Å². The number of hydrogen-bond donors (Lipinski definition) is 2. The normalized spacial score (nSPS) is 12.7. The van der Waals surface area contributed by atoms with E-state index in [9.17, 15) is 4.39 Å². The van der Waals surface area contributed by atoms with Crippen LogP contribution in [0.1, 0.15) is 17.2 Å². The molecule has 0 saturated carbocycles. The maximum atomic E-state index is 13.4. The number of halogens is 4. The van der Waals surface area contributed by atoms with Crippen LogP contribution < -0.4 is 11.3 Å². The van der Waals surface area contributed by atoms with Gasteiger partial charge in [-0.1, -0.05) is 23.7 Å². The minimum Gasteiger partial charge on any atom is -0.271 e. The molecule has 7 heteroatoms. The first-order valence-corrected chi connectivity index (χ1v) is 8.14. The molecule has 1 aromatic carbocycles. The van der Waals surface area contributed by atoms with Crippen molar-refractivity contribution < 1.29 is 4.39 Å².